The van der Waals surface area contributed by atoms with Gasteiger partial charge in [-0.3, -0.25) is 9.79 Å². The van der Waals surface area contributed by atoms with E-state index in [1.54, 1.807) is 0 Å². The number of hydrogen-bond donors (Lipinski definition) is 1. The molecule has 7 heteroatoms. The van der Waals surface area contributed by atoms with Crippen LogP contribution in [0.15, 0.2) is 47.7 Å². The van der Waals surface area contributed by atoms with E-state index >= 15 is 0 Å². The molecular weight excluding hydrogens is 378 g/mol. The Labute approximate surface area is 179 Å². The average molecular weight is 412 g/mol. The summed E-state index contributed by atoms with van der Waals surface area (Å²) >= 11 is 0. The third kappa shape index (κ3) is 6.08. The van der Waals surface area contributed by atoms with E-state index in [-0.39, 0.29) is 11.9 Å². The average Bonchev–Trinajstić information content (AvgIpc) is 3.21. The van der Waals surface area contributed by atoms with Crippen LogP contribution in [0.1, 0.15) is 38.1 Å². The standard InChI is InChI=1S/C23H33N5O2/c1-3-24-23(27-15-11-20(12-16-27)22(29)30-4-2)26-13-10-21-25-14-17-28(21)18-19-8-6-5-7-9-19/h5-9,14,17,20H,3-4,10-13,15-16,18H2,1-2H3,(H,24,26). The van der Waals surface area contributed by atoms with Gasteiger partial charge in [-0.15, -0.1) is 0 Å². The van der Waals surface area contributed by atoms with Crippen LogP contribution in [0.3, 0.4) is 0 Å². The van der Waals surface area contributed by atoms with E-state index in [9.17, 15) is 4.79 Å². The van der Waals surface area contributed by atoms with Crippen LogP contribution >= 0.6 is 0 Å². The molecule has 0 bridgehead atoms. The number of hydrogen-bond acceptors (Lipinski definition) is 4. The number of ether oxygens (including phenoxy) is 1. The Morgan fingerprint density at radius 1 is 1.23 bits per heavy atom. The Morgan fingerprint density at radius 3 is 2.70 bits per heavy atom. The van der Waals surface area contributed by atoms with Crippen molar-refractivity contribution in [3.05, 3.63) is 54.1 Å². The highest BCUT2D eigenvalue weighted by molar-refractivity contribution is 5.80. The molecule has 0 saturated carbocycles. The highest BCUT2D eigenvalue weighted by Gasteiger charge is 2.27. The minimum Gasteiger partial charge on any atom is -0.466 e. The number of piperidine rings is 1. The van der Waals surface area contributed by atoms with Crippen molar-refractivity contribution in [3.8, 4) is 0 Å². The summed E-state index contributed by atoms with van der Waals surface area (Å²) in [5.74, 6) is 1.90. The number of benzene rings is 1. The summed E-state index contributed by atoms with van der Waals surface area (Å²) in [7, 11) is 0. The molecule has 3 rings (SSSR count). The van der Waals surface area contributed by atoms with Crippen LogP contribution in [-0.4, -0.2) is 59.2 Å². The first-order valence-corrected chi connectivity index (χ1v) is 10.9. The van der Waals surface area contributed by atoms with Gasteiger partial charge >= 0.3 is 5.97 Å². The summed E-state index contributed by atoms with van der Waals surface area (Å²) < 4.78 is 7.36. The van der Waals surface area contributed by atoms with Crippen LogP contribution in [0.4, 0.5) is 0 Å². The van der Waals surface area contributed by atoms with Crippen LogP contribution in [0.5, 0.6) is 0 Å². The van der Waals surface area contributed by atoms with E-state index in [1.165, 1.54) is 5.56 Å². The molecule has 2 heterocycles. The molecule has 1 aliphatic heterocycles. The smallest absolute Gasteiger partial charge is 0.309 e. The molecule has 1 aromatic heterocycles. The third-order valence-corrected chi connectivity index (χ3v) is 5.34. The highest BCUT2D eigenvalue weighted by atomic mass is 16.5. The van der Waals surface area contributed by atoms with Crippen LogP contribution < -0.4 is 5.32 Å². The van der Waals surface area contributed by atoms with Crippen molar-refractivity contribution in [2.75, 3.05) is 32.8 Å². The minimum absolute atomic E-state index is 0.00883. The van der Waals surface area contributed by atoms with Gasteiger partial charge < -0.3 is 19.5 Å². The number of guanidine groups is 1. The number of esters is 1. The summed E-state index contributed by atoms with van der Waals surface area (Å²) in [5, 5.41) is 3.39. The molecule has 2 aromatic rings. The summed E-state index contributed by atoms with van der Waals surface area (Å²) in [6.07, 6.45) is 6.29. The number of nitrogens with one attached hydrogen (secondary N) is 1. The first-order valence-electron chi connectivity index (χ1n) is 10.9. The van der Waals surface area contributed by atoms with E-state index in [0.717, 1.165) is 57.2 Å². The fourth-order valence-corrected chi connectivity index (χ4v) is 3.77. The number of carbonyl (C=O) groups excluding carboxylic acids is 1. The second-order valence-corrected chi connectivity index (χ2v) is 7.46. The molecular formula is C23H33N5O2. The quantitative estimate of drug-likeness (QED) is 0.411. The second kappa shape index (κ2) is 11.4. The Balaban J connectivity index is 1.55. The summed E-state index contributed by atoms with van der Waals surface area (Å²) in [6.45, 7) is 8.33. The lowest BCUT2D eigenvalue weighted by atomic mass is 9.97. The molecule has 0 spiro atoms. The van der Waals surface area contributed by atoms with E-state index in [1.807, 2.05) is 25.4 Å². The van der Waals surface area contributed by atoms with Crippen molar-refractivity contribution >= 4 is 11.9 Å². The largest absolute Gasteiger partial charge is 0.466 e. The van der Waals surface area contributed by atoms with Crippen molar-refractivity contribution in [1.82, 2.24) is 19.8 Å². The monoisotopic (exact) mass is 411 g/mol. The fourth-order valence-electron chi connectivity index (χ4n) is 3.77. The maximum absolute atomic E-state index is 12.0. The van der Waals surface area contributed by atoms with Crippen LogP contribution in [0.25, 0.3) is 0 Å². The Morgan fingerprint density at radius 2 is 2.00 bits per heavy atom. The number of likely N-dealkylation sites (tertiary alicyclic amines) is 1. The second-order valence-electron chi connectivity index (χ2n) is 7.46. The van der Waals surface area contributed by atoms with Crippen molar-refractivity contribution in [1.29, 1.82) is 0 Å². The maximum Gasteiger partial charge on any atom is 0.309 e. The van der Waals surface area contributed by atoms with Gasteiger partial charge in [-0.05, 0) is 32.3 Å². The molecule has 1 N–H and O–H groups in total. The van der Waals surface area contributed by atoms with Crippen molar-refractivity contribution < 1.29 is 9.53 Å². The minimum atomic E-state index is -0.0654. The lowest BCUT2D eigenvalue weighted by Gasteiger charge is -2.33. The van der Waals surface area contributed by atoms with Gasteiger partial charge in [-0.1, -0.05) is 30.3 Å². The molecule has 7 nitrogen and oxygen atoms in total. The Bertz CT molecular complexity index is 810. The fraction of sp³-hybridized carbons (Fsp3) is 0.522. The van der Waals surface area contributed by atoms with Gasteiger partial charge in [0.25, 0.3) is 0 Å². The first kappa shape index (κ1) is 21.9. The number of carbonyl (C=O) groups is 1. The Kier molecular flexibility index (Phi) is 8.30. The number of aliphatic imine (C=N–C) groups is 1. The zero-order valence-corrected chi connectivity index (χ0v) is 18.1. The zero-order chi connectivity index (χ0) is 21.2. The summed E-state index contributed by atoms with van der Waals surface area (Å²) in [5.41, 5.74) is 1.26. The van der Waals surface area contributed by atoms with Gasteiger partial charge in [0.05, 0.1) is 12.5 Å². The molecule has 1 saturated heterocycles. The van der Waals surface area contributed by atoms with Crippen LogP contribution in [0.2, 0.25) is 0 Å². The van der Waals surface area contributed by atoms with E-state index in [0.29, 0.717) is 13.2 Å². The van der Waals surface area contributed by atoms with Crippen LogP contribution in [-0.2, 0) is 22.5 Å². The molecule has 162 valence electrons. The molecule has 1 fully saturated rings. The lowest BCUT2D eigenvalue weighted by Crippen LogP contribution is -2.46. The van der Waals surface area contributed by atoms with Crippen molar-refractivity contribution in [3.63, 3.8) is 0 Å². The lowest BCUT2D eigenvalue weighted by molar-refractivity contribution is -0.149. The van der Waals surface area contributed by atoms with Gasteiger partial charge in [0.15, 0.2) is 5.96 Å². The van der Waals surface area contributed by atoms with Crippen LogP contribution in [0, 0.1) is 5.92 Å². The SMILES string of the molecule is CCNC(=NCCc1nccn1Cc1ccccc1)N1CCC(C(=O)OCC)CC1. The van der Waals surface area contributed by atoms with Gasteiger partial charge in [-0.2, -0.15) is 0 Å². The summed E-state index contributed by atoms with van der Waals surface area (Å²) in [4.78, 5) is 23.6. The number of imidazole rings is 1. The maximum atomic E-state index is 12.0. The molecule has 0 aliphatic carbocycles. The van der Waals surface area contributed by atoms with Gasteiger partial charge in [-0.25, -0.2) is 4.98 Å². The molecule has 0 unspecified atom stereocenters. The van der Waals surface area contributed by atoms with Gasteiger partial charge in [0, 0.05) is 51.5 Å². The normalized spacial score (nSPS) is 15.3. The van der Waals surface area contributed by atoms with Crippen molar-refractivity contribution in [2.45, 2.75) is 39.7 Å². The molecule has 0 atom stereocenters. The van der Waals surface area contributed by atoms with Crippen molar-refractivity contribution in [2.24, 2.45) is 10.9 Å². The van der Waals surface area contributed by atoms with Gasteiger partial charge in [0.1, 0.15) is 5.82 Å². The number of nitrogens with zero attached hydrogens (tertiary/aromatic N) is 4. The molecule has 1 aromatic carbocycles. The number of rotatable bonds is 8. The molecule has 0 radical (unpaired) electrons. The first-order chi connectivity index (χ1) is 14.7. The van der Waals surface area contributed by atoms with Gasteiger partial charge in [0.2, 0.25) is 0 Å². The van der Waals surface area contributed by atoms with E-state index in [4.69, 9.17) is 9.73 Å². The molecule has 30 heavy (non-hydrogen) atoms. The highest BCUT2D eigenvalue weighted by Crippen LogP contribution is 2.19. The molecule has 1 aliphatic rings. The van der Waals surface area contributed by atoms with E-state index < -0.39 is 0 Å². The molecule has 0 amide bonds. The zero-order valence-electron chi connectivity index (χ0n) is 18.1. The third-order valence-electron chi connectivity index (χ3n) is 5.34. The topological polar surface area (TPSA) is 71.8 Å². The summed E-state index contributed by atoms with van der Waals surface area (Å²) in [6, 6.07) is 10.4. The van der Waals surface area contributed by atoms with E-state index in [2.05, 4.69) is 51.0 Å². The Hall–Kier alpha value is -2.83. The number of aromatic nitrogens is 2. The predicted molar refractivity (Wildman–Crippen MR) is 118 cm³/mol. The predicted octanol–water partition coefficient (Wildman–Crippen LogP) is 2.71.